The number of fused-ring (bicyclic) bond motifs is 5. The zero-order valence-electron chi connectivity index (χ0n) is 32.6. The standard InChI is InChI=1S/C39H63N11O7/c40-12-2-7-28(44)22-47-35(53)19-27(43)8-4-14-46-37(55)31(9-3-13-41)48-38(56)32-16-23-5-1-6-24(15-23)25-10-11-34(52)26(17-25)18-30(45)36(54)49-33(39(57)50-32)20-29(51)21-42/h1,5-6,10-11,15,17,27-33,51-52H,2-4,7-9,12-14,16,18-22,40-45H2,(H,46,55)(H,47,53)(H,48,56)(H,49,54)(H,50,57)/t27-,28-,29+,30-,31-,32-,33-/m0/s1. The van der Waals surface area contributed by atoms with Crippen molar-refractivity contribution in [2.75, 3.05) is 32.7 Å². The predicted octanol–water partition coefficient (Wildman–Crippen LogP) is -2.82. The summed E-state index contributed by atoms with van der Waals surface area (Å²) in [6.45, 7) is 1.15. The summed E-state index contributed by atoms with van der Waals surface area (Å²) in [6, 6.07) is 6.83. The van der Waals surface area contributed by atoms with Crippen LogP contribution in [0.15, 0.2) is 42.5 Å². The van der Waals surface area contributed by atoms with E-state index in [1.54, 1.807) is 24.3 Å². The van der Waals surface area contributed by atoms with Gasteiger partial charge >= 0.3 is 0 Å². The number of aromatic hydroxyl groups is 1. The monoisotopic (exact) mass is 797 g/mol. The largest absolute Gasteiger partial charge is 0.508 e. The molecule has 0 aromatic heterocycles. The summed E-state index contributed by atoms with van der Waals surface area (Å²) >= 11 is 0. The number of phenols is 1. The molecule has 1 aliphatic heterocycles. The average Bonchev–Trinajstić information content (AvgIpc) is 3.19. The van der Waals surface area contributed by atoms with E-state index in [1.165, 1.54) is 6.07 Å². The number of amides is 5. The van der Waals surface area contributed by atoms with Crippen LogP contribution in [0.2, 0.25) is 0 Å². The highest BCUT2D eigenvalue weighted by atomic mass is 16.3. The molecule has 316 valence electrons. The maximum absolute atomic E-state index is 14.1. The summed E-state index contributed by atoms with van der Waals surface area (Å²) < 4.78 is 0. The molecule has 18 heteroatoms. The first-order chi connectivity index (χ1) is 27.2. The first-order valence-corrected chi connectivity index (χ1v) is 19.7. The summed E-state index contributed by atoms with van der Waals surface area (Å²) in [4.78, 5) is 66.9. The number of rotatable bonds is 20. The predicted molar refractivity (Wildman–Crippen MR) is 217 cm³/mol. The number of hydrogen-bond acceptors (Lipinski definition) is 13. The number of nitrogens with two attached hydrogens (primary N) is 6. The molecule has 5 amide bonds. The van der Waals surface area contributed by atoms with E-state index in [0.717, 1.165) is 17.5 Å². The number of benzene rings is 2. The van der Waals surface area contributed by atoms with Gasteiger partial charge in [-0.2, -0.15) is 0 Å². The molecule has 0 radical (unpaired) electrons. The highest BCUT2D eigenvalue weighted by molar-refractivity contribution is 5.95. The number of carbonyl (C=O) groups excluding carboxylic acids is 5. The van der Waals surface area contributed by atoms with Gasteiger partial charge in [-0.15, -0.1) is 0 Å². The molecule has 2 aromatic rings. The average molecular weight is 798 g/mol. The van der Waals surface area contributed by atoms with E-state index in [2.05, 4.69) is 26.6 Å². The first kappa shape index (κ1) is 46.7. The molecule has 19 N–H and O–H groups in total. The number of aliphatic hydroxyl groups is 1. The van der Waals surface area contributed by atoms with Crippen molar-refractivity contribution in [1.29, 1.82) is 0 Å². The number of aliphatic hydroxyl groups excluding tert-OH is 1. The Morgan fingerprint density at radius 2 is 1.54 bits per heavy atom. The van der Waals surface area contributed by atoms with Gasteiger partial charge in [-0.3, -0.25) is 24.0 Å². The van der Waals surface area contributed by atoms with Crippen LogP contribution in [0.1, 0.15) is 62.5 Å². The van der Waals surface area contributed by atoms with E-state index < -0.39 is 59.9 Å². The van der Waals surface area contributed by atoms with Crippen molar-refractivity contribution in [3.63, 3.8) is 0 Å². The molecule has 3 rings (SSSR count). The van der Waals surface area contributed by atoms with Crippen molar-refractivity contribution in [1.82, 2.24) is 26.6 Å². The van der Waals surface area contributed by atoms with Crippen molar-refractivity contribution in [3.05, 3.63) is 53.6 Å². The molecular weight excluding hydrogens is 734 g/mol. The Hall–Kier alpha value is -4.69. The quantitative estimate of drug-likeness (QED) is 0.0603. The lowest BCUT2D eigenvalue weighted by Crippen LogP contribution is -2.59. The molecule has 4 bridgehead atoms. The molecule has 0 spiro atoms. The van der Waals surface area contributed by atoms with Gasteiger partial charge in [-0.25, -0.2) is 0 Å². The van der Waals surface area contributed by atoms with E-state index in [0.29, 0.717) is 49.9 Å². The summed E-state index contributed by atoms with van der Waals surface area (Å²) in [5, 5.41) is 34.6. The van der Waals surface area contributed by atoms with Crippen molar-refractivity contribution in [2.45, 2.75) is 107 Å². The maximum atomic E-state index is 14.1. The third kappa shape index (κ3) is 16.0. The Morgan fingerprint density at radius 3 is 2.26 bits per heavy atom. The summed E-state index contributed by atoms with van der Waals surface area (Å²) in [7, 11) is 0. The van der Waals surface area contributed by atoms with Gasteiger partial charge in [0.15, 0.2) is 0 Å². The Morgan fingerprint density at radius 1 is 0.842 bits per heavy atom. The Balaban J connectivity index is 1.77. The minimum Gasteiger partial charge on any atom is -0.508 e. The molecule has 0 fully saturated rings. The zero-order valence-corrected chi connectivity index (χ0v) is 32.6. The fraction of sp³-hybridized carbons (Fsp3) is 0.564. The molecular formula is C39H63N11O7. The first-order valence-electron chi connectivity index (χ1n) is 19.7. The number of phenolic OH excluding ortho intramolecular Hbond substituents is 1. The van der Waals surface area contributed by atoms with Gasteiger partial charge in [0.1, 0.15) is 23.9 Å². The van der Waals surface area contributed by atoms with Crippen LogP contribution in [-0.2, 0) is 36.8 Å². The van der Waals surface area contributed by atoms with Crippen molar-refractivity contribution < 1.29 is 34.2 Å². The third-order valence-corrected chi connectivity index (χ3v) is 9.77. The highest BCUT2D eigenvalue weighted by Crippen LogP contribution is 2.28. The molecule has 18 nitrogen and oxygen atoms in total. The van der Waals surface area contributed by atoms with Gasteiger partial charge in [-0.05, 0) is 86.0 Å². The van der Waals surface area contributed by atoms with E-state index in [1.807, 2.05) is 12.1 Å². The van der Waals surface area contributed by atoms with Gasteiger partial charge < -0.3 is 71.2 Å². The minimum atomic E-state index is -1.33. The van der Waals surface area contributed by atoms with Gasteiger partial charge in [-0.1, -0.05) is 30.3 Å². The fourth-order valence-corrected chi connectivity index (χ4v) is 6.43. The molecule has 0 saturated heterocycles. The molecule has 7 atom stereocenters. The molecule has 0 saturated carbocycles. The molecule has 0 aliphatic carbocycles. The van der Waals surface area contributed by atoms with Crippen molar-refractivity contribution in [2.24, 2.45) is 34.4 Å². The van der Waals surface area contributed by atoms with E-state index in [4.69, 9.17) is 34.4 Å². The van der Waals surface area contributed by atoms with Crippen LogP contribution in [0.25, 0.3) is 11.1 Å². The second-order valence-electron chi connectivity index (χ2n) is 14.7. The maximum Gasteiger partial charge on any atom is 0.243 e. The smallest absolute Gasteiger partial charge is 0.243 e. The highest BCUT2D eigenvalue weighted by Gasteiger charge is 2.32. The molecule has 0 unspecified atom stereocenters. The zero-order chi connectivity index (χ0) is 41.9. The minimum absolute atomic E-state index is 0.00763. The Labute approximate surface area is 334 Å². The summed E-state index contributed by atoms with van der Waals surface area (Å²) in [5.74, 6) is -2.90. The molecule has 57 heavy (non-hydrogen) atoms. The fourth-order valence-electron chi connectivity index (χ4n) is 6.43. The van der Waals surface area contributed by atoms with Crippen molar-refractivity contribution >= 4 is 29.5 Å². The van der Waals surface area contributed by atoms with Crippen LogP contribution in [-0.4, -0.2) is 115 Å². The summed E-state index contributed by atoms with van der Waals surface area (Å²) in [5.41, 5.74) is 37.8. The van der Waals surface area contributed by atoms with Crippen LogP contribution in [0.4, 0.5) is 0 Å². The lowest BCUT2D eigenvalue weighted by molar-refractivity contribution is -0.134. The normalized spacial score (nSPS) is 19.4. The van der Waals surface area contributed by atoms with Crippen LogP contribution in [0, 0.1) is 0 Å². The van der Waals surface area contributed by atoms with Gasteiger partial charge in [0, 0.05) is 57.4 Å². The number of hydrogen-bond donors (Lipinski definition) is 13. The van der Waals surface area contributed by atoms with Crippen LogP contribution < -0.4 is 61.0 Å². The van der Waals surface area contributed by atoms with E-state index in [-0.39, 0.29) is 69.4 Å². The third-order valence-electron chi connectivity index (χ3n) is 9.77. The summed E-state index contributed by atoms with van der Waals surface area (Å²) in [6.07, 6.45) is 1.61. The lowest BCUT2D eigenvalue weighted by Gasteiger charge is -2.27. The van der Waals surface area contributed by atoms with Crippen molar-refractivity contribution in [3.8, 4) is 16.9 Å². The topological polar surface area (TPSA) is 342 Å². The van der Waals surface area contributed by atoms with Crippen LogP contribution in [0.5, 0.6) is 5.75 Å². The second-order valence-corrected chi connectivity index (χ2v) is 14.7. The second kappa shape index (κ2) is 24.2. The van der Waals surface area contributed by atoms with Gasteiger partial charge in [0.2, 0.25) is 29.5 Å². The Kier molecular flexibility index (Phi) is 19.8. The van der Waals surface area contributed by atoms with Gasteiger partial charge in [0.25, 0.3) is 0 Å². The van der Waals surface area contributed by atoms with E-state index >= 15 is 0 Å². The molecule has 1 aliphatic rings. The van der Waals surface area contributed by atoms with E-state index in [9.17, 15) is 34.2 Å². The van der Waals surface area contributed by atoms with Crippen LogP contribution in [0.3, 0.4) is 0 Å². The number of carbonyl (C=O) groups is 5. The number of nitrogens with one attached hydrogen (secondary N) is 5. The van der Waals surface area contributed by atoms with Crippen LogP contribution >= 0.6 is 0 Å². The molecule has 1 heterocycles. The van der Waals surface area contributed by atoms with Gasteiger partial charge in [0.05, 0.1) is 12.1 Å². The SMILES string of the molecule is NCCC[C@H](N)CNC(=O)C[C@@H](N)CCCNC(=O)[C@H](CCCN)NC(=O)[C@@H]1Cc2cccc(c2)-c2ccc(O)c(c2)C[C@H](N)C(=O)N[C@@H](C[C@@H](O)CN)C(=O)N1. The lowest BCUT2D eigenvalue weighted by atomic mass is 9.96. The molecule has 2 aromatic carbocycles. The Bertz CT molecular complexity index is 1630.